The van der Waals surface area contributed by atoms with E-state index >= 15 is 0 Å². The Kier molecular flexibility index (Phi) is 8.63. The number of halogens is 1. The van der Waals surface area contributed by atoms with E-state index in [1.165, 1.54) is 22.9 Å². The summed E-state index contributed by atoms with van der Waals surface area (Å²) in [6.07, 6.45) is 1.57. The molecule has 6 heteroatoms. The summed E-state index contributed by atoms with van der Waals surface area (Å²) in [6.45, 7) is 2.07. The average Bonchev–Trinajstić information content (AvgIpc) is 2.75. The summed E-state index contributed by atoms with van der Waals surface area (Å²) in [5, 5.41) is 30.8. The van der Waals surface area contributed by atoms with Gasteiger partial charge in [-0.1, -0.05) is 42.5 Å². The standard InChI is InChI=1S/C24H31ClO4S/c1-15-6-11-18(23-21(27)20(26)22(28)24(29-23)30-2)14-19(15)13-17-9-7-16(8-10-17)5-3-4-12-25/h6-11,14,20-24,26-28H,3-5,12-13H2,1-2H3/t20-,21-,22+,23?,24-/m1/s1. The molecule has 0 aromatic heterocycles. The zero-order valence-corrected chi connectivity index (χ0v) is 19.1. The molecule has 30 heavy (non-hydrogen) atoms. The van der Waals surface area contributed by atoms with Gasteiger partial charge in [-0.2, -0.15) is 0 Å². The van der Waals surface area contributed by atoms with Crippen molar-refractivity contribution in [1.82, 2.24) is 0 Å². The molecule has 1 aliphatic heterocycles. The zero-order chi connectivity index (χ0) is 21.7. The first-order valence-electron chi connectivity index (χ1n) is 10.4. The van der Waals surface area contributed by atoms with Crippen molar-refractivity contribution < 1.29 is 20.1 Å². The zero-order valence-electron chi connectivity index (χ0n) is 17.5. The van der Waals surface area contributed by atoms with Gasteiger partial charge in [0.25, 0.3) is 0 Å². The maximum absolute atomic E-state index is 10.5. The number of thioether (sulfide) groups is 1. The van der Waals surface area contributed by atoms with Crippen molar-refractivity contribution in [3.8, 4) is 0 Å². The predicted molar refractivity (Wildman–Crippen MR) is 123 cm³/mol. The van der Waals surface area contributed by atoms with Crippen molar-refractivity contribution in [1.29, 1.82) is 0 Å². The summed E-state index contributed by atoms with van der Waals surface area (Å²) in [6, 6.07) is 14.7. The van der Waals surface area contributed by atoms with Crippen LogP contribution in [0.25, 0.3) is 0 Å². The third kappa shape index (κ3) is 5.58. The van der Waals surface area contributed by atoms with Gasteiger partial charge in [-0.3, -0.25) is 0 Å². The van der Waals surface area contributed by atoms with Gasteiger partial charge in [0.2, 0.25) is 0 Å². The molecule has 0 aliphatic carbocycles. The molecule has 2 aromatic rings. The van der Waals surface area contributed by atoms with Crippen molar-refractivity contribution in [3.63, 3.8) is 0 Å². The van der Waals surface area contributed by atoms with Gasteiger partial charge >= 0.3 is 0 Å². The molecule has 1 aliphatic rings. The molecule has 1 unspecified atom stereocenters. The van der Waals surface area contributed by atoms with Crippen molar-refractivity contribution in [2.24, 2.45) is 0 Å². The van der Waals surface area contributed by atoms with E-state index in [1.807, 2.05) is 24.5 Å². The highest BCUT2D eigenvalue weighted by Gasteiger charge is 2.44. The number of alkyl halides is 1. The Bertz CT molecular complexity index is 811. The van der Waals surface area contributed by atoms with E-state index in [2.05, 4.69) is 31.2 Å². The summed E-state index contributed by atoms with van der Waals surface area (Å²) in [4.78, 5) is 0. The highest BCUT2D eigenvalue weighted by molar-refractivity contribution is 7.99. The molecule has 3 N–H and O–H groups in total. The predicted octanol–water partition coefficient (Wildman–Crippen LogP) is 3.99. The SMILES string of the molecule is CS[C@H]1OC(c2ccc(C)c(Cc3ccc(CCCCCl)cc3)c2)[C@H](O)[C@@H](O)[C@@H]1O. The number of hydrogen-bond donors (Lipinski definition) is 3. The number of aliphatic hydroxyl groups excluding tert-OH is 3. The maximum Gasteiger partial charge on any atom is 0.132 e. The summed E-state index contributed by atoms with van der Waals surface area (Å²) < 4.78 is 5.92. The molecule has 0 spiro atoms. The van der Waals surface area contributed by atoms with Crippen molar-refractivity contribution in [2.45, 2.75) is 62.5 Å². The molecular weight excluding hydrogens is 420 g/mol. The van der Waals surface area contributed by atoms with Gasteiger partial charge in [0.05, 0.1) is 0 Å². The molecule has 1 heterocycles. The lowest BCUT2D eigenvalue weighted by atomic mass is 9.91. The number of aliphatic hydroxyl groups is 3. The third-order valence-corrected chi connectivity index (χ3v) is 6.89. The van der Waals surface area contributed by atoms with Crippen LogP contribution in [0.4, 0.5) is 0 Å². The molecule has 2 aromatic carbocycles. The lowest BCUT2D eigenvalue weighted by Crippen LogP contribution is -2.52. The summed E-state index contributed by atoms with van der Waals surface area (Å²) >= 11 is 7.08. The first-order chi connectivity index (χ1) is 14.4. The van der Waals surface area contributed by atoms with Gasteiger partial charge in [-0.25, -0.2) is 0 Å². The van der Waals surface area contributed by atoms with E-state index in [0.717, 1.165) is 42.4 Å². The number of benzene rings is 2. The molecular formula is C24H31ClO4S. The van der Waals surface area contributed by atoms with Crippen molar-refractivity contribution in [3.05, 3.63) is 70.3 Å². The second-order valence-corrected chi connectivity index (χ2v) is 9.27. The highest BCUT2D eigenvalue weighted by atomic mass is 35.5. The molecule has 1 fully saturated rings. The van der Waals surface area contributed by atoms with E-state index in [1.54, 1.807) is 0 Å². The number of aryl methyl sites for hydroxylation is 2. The highest BCUT2D eigenvalue weighted by Crippen LogP contribution is 2.36. The first-order valence-corrected chi connectivity index (χ1v) is 12.2. The minimum absolute atomic E-state index is 0.579. The van der Waals surface area contributed by atoms with Crippen LogP contribution in [-0.2, 0) is 17.6 Å². The number of ether oxygens (including phenoxy) is 1. The van der Waals surface area contributed by atoms with Crippen LogP contribution in [-0.4, -0.2) is 51.2 Å². The Morgan fingerprint density at radius 3 is 2.30 bits per heavy atom. The van der Waals surface area contributed by atoms with Crippen LogP contribution in [0.3, 0.4) is 0 Å². The van der Waals surface area contributed by atoms with Crippen LogP contribution >= 0.6 is 23.4 Å². The summed E-state index contributed by atoms with van der Waals surface area (Å²) in [7, 11) is 0. The van der Waals surface area contributed by atoms with Gasteiger partial charge in [0, 0.05) is 5.88 Å². The van der Waals surface area contributed by atoms with E-state index in [-0.39, 0.29) is 0 Å². The second kappa shape index (κ2) is 11.0. The molecule has 5 atom stereocenters. The van der Waals surface area contributed by atoms with Crippen LogP contribution in [0.2, 0.25) is 0 Å². The van der Waals surface area contributed by atoms with Gasteiger partial charge < -0.3 is 20.1 Å². The fraction of sp³-hybridized carbons (Fsp3) is 0.500. The minimum Gasteiger partial charge on any atom is -0.387 e. The van der Waals surface area contributed by atoms with E-state index in [0.29, 0.717) is 5.88 Å². The Morgan fingerprint density at radius 2 is 1.63 bits per heavy atom. The normalized spacial score (nSPS) is 26.7. The molecule has 0 bridgehead atoms. The van der Waals surface area contributed by atoms with Gasteiger partial charge in [0.15, 0.2) is 0 Å². The molecule has 0 amide bonds. The Balaban J connectivity index is 1.75. The minimum atomic E-state index is -1.24. The fourth-order valence-corrected chi connectivity index (χ4v) is 4.70. The topological polar surface area (TPSA) is 69.9 Å². The number of unbranched alkanes of at least 4 members (excludes halogenated alkanes) is 1. The van der Waals surface area contributed by atoms with Crippen molar-refractivity contribution in [2.75, 3.05) is 12.1 Å². The Labute approximate surface area is 188 Å². The Morgan fingerprint density at radius 1 is 0.933 bits per heavy atom. The smallest absolute Gasteiger partial charge is 0.132 e. The molecule has 3 rings (SSSR count). The summed E-state index contributed by atoms with van der Waals surface area (Å²) in [5.74, 6) is 0.709. The van der Waals surface area contributed by atoms with E-state index < -0.39 is 29.9 Å². The first kappa shape index (κ1) is 23.6. The van der Waals surface area contributed by atoms with Crippen LogP contribution < -0.4 is 0 Å². The van der Waals surface area contributed by atoms with Crippen molar-refractivity contribution >= 4 is 23.4 Å². The average molecular weight is 451 g/mol. The van der Waals surface area contributed by atoms with Crippen LogP contribution in [0.5, 0.6) is 0 Å². The molecule has 4 nitrogen and oxygen atoms in total. The lowest BCUT2D eigenvalue weighted by molar-refractivity contribution is -0.200. The molecule has 0 saturated carbocycles. The number of hydrogen-bond acceptors (Lipinski definition) is 5. The fourth-order valence-electron chi connectivity index (χ4n) is 3.84. The van der Waals surface area contributed by atoms with E-state index in [9.17, 15) is 15.3 Å². The van der Waals surface area contributed by atoms with Crippen LogP contribution in [0.15, 0.2) is 42.5 Å². The third-order valence-electron chi connectivity index (χ3n) is 5.77. The second-order valence-electron chi connectivity index (χ2n) is 7.96. The molecule has 164 valence electrons. The van der Waals surface area contributed by atoms with Gasteiger partial charge in [0.1, 0.15) is 29.9 Å². The van der Waals surface area contributed by atoms with Crippen LogP contribution in [0.1, 0.15) is 46.8 Å². The van der Waals surface area contributed by atoms with E-state index in [4.69, 9.17) is 16.3 Å². The molecule has 0 radical (unpaired) electrons. The number of rotatable bonds is 8. The monoisotopic (exact) mass is 450 g/mol. The maximum atomic E-state index is 10.5. The Hall–Kier alpha value is -1.08. The molecule has 1 saturated heterocycles. The largest absolute Gasteiger partial charge is 0.387 e. The summed E-state index contributed by atoms with van der Waals surface area (Å²) in [5.41, 5.74) is 5.09. The van der Waals surface area contributed by atoms with Gasteiger partial charge in [-0.05, 0) is 66.7 Å². The quantitative estimate of drug-likeness (QED) is 0.419. The van der Waals surface area contributed by atoms with Gasteiger partial charge in [-0.15, -0.1) is 23.4 Å². The lowest BCUT2D eigenvalue weighted by Gasteiger charge is -2.40. The van der Waals surface area contributed by atoms with Crippen LogP contribution in [0, 0.1) is 6.92 Å².